The van der Waals surface area contributed by atoms with E-state index in [4.69, 9.17) is 14.6 Å². The molecule has 164 valence electrons. The number of hydrogen-bond donors (Lipinski definition) is 2. The van der Waals surface area contributed by atoms with E-state index in [1.54, 1.807) is 23.7 Å². The second-order valence-corrected chi connectivity index (χ2v) is 8.30. The number of hydrogen-bond acceptors (Lipinski definition) is 8. The third kappa shape index (κ3) is 6.09. The molecule has 12 heteroatoms. The van der Waals surface area contributed by atoms with Crippen molar-refractivity contribution < 1.29 is 27.8 Å². The van der Waals surface area contributed by atoms with Crippen LogP contribution in [0.25, 0.3) is 0 Å². The van der Waals surface area contributed by atoms with Crippen LogP contribution < -0.4 is 5.32 Å². The third-order valence-corrected chi connectivity index (χ3v) is 5.62. The van der Waals surface area contributed by atoms with E-state index in [1.165, 1.54) is 5.69 Å². The minimum absolute atomic E-state index is 0.0164. The van der Waals surface area contributed by atoms with Crippen LogP contribution in [0.4, 0.5) is 19.1 Å². The van der Waals surface area contributed by atoms with E-state index in [1.807, 2.05) is 6.07 Å². The van der Waals surface area contributed by atoms with Gasteiger partial charge in [-0.2, -0.15) is 13.2 Å². The summed E-state index contributed by atoms with van der Waals surface area (Å²) >= 11 is 1.72. The normalized spacial score (nSPS) is 23.9. The quantitative estimate of drug-likeness (QED) is 0.741. The number of aryl methyl sites for hydroxylation is 1. The molecule has 2 aliphatic rings. The van der Waals surface area contributed by atoms with Gasteiger partial charge in [-0.25, -0.2) is 19.7 Å². The molecule has 2 aliphatic heterocycles. The second-order valence-electron chi connectivity index (χ2n) is 7.23. The van der Waals surface area contributed by atoms with Gasteiger partial charge in [0.05, 0.1) is 29.0 Å². The van der Waals surface area contributed by atoms with E-state index in [-0.39, 0.29) is 5.60 Å². The Labute approximate surface area is 175 Å². The Morgan fingerprint density at radius 3 is 2.73 bits per heavy atom. The zero-order valence-electron chi connectivity index (χ0n) is 16.2. The number of nitrogens with one attached hydrogen (secondary N) is 1. The molecule has 2 saturated heterocycles. The van der Waals surface area contributed by atoms with E-state index >= 15 is 0 Å². The van der Waals surface area contributed by atoms with Crippen molar-refractivity contribution in [1.29, 1.82) is 0 Å². The van der Waals surface area contributed by atoms with Gasteiger partial charge in [-0.15, -0.1) is 11.3 Å². The van der Waals surface area contributed by atoms with Crippen molar-refractivity contribution in [2.24, 2.45) is 0 Å². The first-order valence-corrected chi connectivity index (χ1v) is 10.1. The first-order valence-electron chi connectivity index (χ1n) is 9.26. The average molecular weight is 445 g/mol. The molecule has 0 aromatic carbocycles. The summed E-state index contributed by atoms with van der Waals surface area (Å²) in [5.41, 5.74) is 1.16. The van der Waals surface area contributed by atoms with Crippen LogP contribution in [0.2, 0.25) is 0 Å². The molecule has 2 aromatic rings. The zero-order chi connectivity index (χ0) is 21.8. The summed E-state index contributed by atoms with van der Waals surface area (Å²) in [5, 5.41) is 13.8. The number of anilines is 1. The van der Waals surface area contributed by atoms with E-state index in [2.05, 4.69) is 37.5 Å². The molecule has 2 fully saturated rings. The van der Waals surface area contributed by atoms with Gasteiger partial charge < -0.3 is 15.2 Å². The van der Waals surface area contributed by atoms with Gasteiger partial charge in [-0.3, -0.25) is 4.90 Å². The monoisotopic (exact) mass is 445 g/mol. The molecule has 0 aliphatic carbocycles. The van der Waals surface area contributed by atoms with Gasteiger partial charge in [0.15, 0.2) is 0 Å². The molecule has 0 bridgehead atoms. The number of carbonyl (C=O) groups is 1. The van der Waals surface area contributed by atoms with Crippen LogP contribution in [0.3, 0.4) is 0 Å². The Morgan fingerprint density at radius 1 is 1.43 bits per heavy atom. The predicted octanol–water partition coefficient (Wildman–Crippen LogP) is 2.72. The highest BCUT2D eigenvalue weighted by Crippen LogP contribution is 2.36. The van der Waals surface area contributed by atoms with Crippen molar-refractivity contribution in [3.63, 3.8) is 0 Å². The van der Waals surface area contributed by atoms with Crippen molar-refractivity contribution in [2.45, 2.75) is 44.1 Å². The van der Waals surface area contributed by atoms with Gasteiger partial charge >= 0.3 is 12.1 Å². The fourth-order valence-electron chi connectivity index (χ4n) is 3.55. The van der Waals surface area contributed by atoms with Crippen LogP contribution in [0, 0.1) is 6.92 Å². The standard InChI is InChI=1S/C16H21N5OS.C2HF3O2/c1-12-19-14(10-23-12)8-21-6-3-16(11-21)7-13(9-22-16)20-15-17-4-2-5-18-15;3-2(4,5)1(6)7/h2,4-5,10,13H,3,6-9,11H2,1H3,(H,17,18,20);(H,6,7). The molecule has 1 spiro atoms. The van der Waals surface area contributed by atoms with Crippen molar-refractivity contribution >= 4 is 23.3 Å². The molecule has 0 radical (unpaired) electrons. The highest BCUT2D eigenvalue weighted by Gasteiger charge is 2.45. The number of alkyl halides is 3. The number of aliphatic carboxylic acids is 1. The van der Waals surface area contributed by atoms with Crippen molar-refractivity contribution in [2.75, 3.05) is 25.0 Å². The van der Waals surface area contributed by atoms with E-state index < -0.39 is 12.1 Å². The summed E-state index contributed by atoms with van der Waals surface area (Å²) in [6.45, 7) is 5.77. The molecular formula is C18H22F3N5O3S. The maximum absolute atomic E-state index is 10.6. The van der Waals surface area contributed by atoms with E-state index in [0.717, 1.165) is 44.1 Å². The summed E-state index contributed by atoms with van der Waals surface area (Å²) in [4.78, 5) is 24.4. The largest absolute Gasteiger partial charge is 0.490 e. The Balaban J connectivity index is 0.000000318. The number of ether oxygens (including phenoxy) is 1. The number of likely N-dealkylation sites (tertiary alicyclic amines) is 1. The molecule has 2 aromatic heterocycles. The molecule has 8 nitrogen and oxygen atoms in total. The minimum Gasteiger partial charge on any atom is -0.475 e. The number of thiazole rings is 1. The lowest BCUT2D eigenvalue weighted by atomic mass is 9.97. The number of carboxylic acids is 1. The summed E-state index contributed by atoms with van der Waals surface area (Å²) < 4.78 is 37.9. The third-order valence-electron chi connectivity index (χ3n) is 4.80. The molecule has 0 amide bonds. The lowest BCUT2D eigenvalue weighted by molar-refractivity contribution is -0.192. The van der Waals surface area contributed by atoms with Gasteiger partial charge in [-0.05, 0) is 19.4 Å². The Hall–Kier alpha value is -2.31. The Kier molecular flexibility index (Phi) is 6.88. The number of aromatic nitrogens is 3. The smallest absolute Gasteiger partial charge is 0.475 e. The SMILES string of the molecule is Cc1nc(CN2CCC3(CC(Nc4ncccn4)CO3)C2)cs1.O=C(O)C(F)(F)F. The highest BCUT2D eigenvalue weighted by atomic mass is 32.1. The fourth-order valence-corrected chi connectivity index (χ4v) is 4.15. The van der Waals surface area contributed by atoms with E-state index in [9.17, 15) is 13.2 Å². The van der Waals surface area contributed by atoms with Crippen LogP contribution in [0.5, 0.6) is 0 Å². The summed E-state index contributed by atoms with van der Waals surface area (Å²) in [5.74, 6) is -2.07. The molecule has 2 N–H and O–H groups in total. The van der Waals surface area contributed by atoms with Crippen LogP contribution in [-0.4, -0.2) is 68.4 Å². The maximum atomic E-state index is 10.6. The number of rotatable bonds is 4. The zero-order valence-corrected chi connectivity index (χ0v) is 17.0. The van der Waals surface area contributed by atoms with Crippen molar-refractivity contribution in [1.82, 2.24) is 19.9 Å². The number of halogens is 3. The highest BCUT2D eigenvalue weighted by molar-refractivity contribution is 7.09. The Morgan fingerprint density at radius 2 is 2.13 bits per heavy atom. The molecule has 4 rings (SSSR count). The number of carboxylic acid groups (broad SMARTS) is 1. The van der Waals surface area contributed by atoms with Crippen LogP contribution >= 0.6 is 11.3 Å². The first-order chi connectivity index (χ1) is 14.2. The fraction of sp³-hybridized carbons (Fsp3) is 0.556. The topological polar surface area (TPSA) is 100 Å². The number of nitrogens with zero attached hydrogens (tertiary/aromatic N) is 4. The second kappa shape index (κ2) is 9.23. The molecule has 2 atom stereocenters. The van der Waals surface area contributed by atoms with Gasteiger partial charge in [-0.1, -0.05) is 0 Å². The molecular weight excluding hydrogens is 423 g/mol. The van der Waals surface area contributed by atoms with E-state index in [0.29, 0.717) is 12.0 Å². The molecule has 4 heterocycles. The molecule has 0 saturated carbocycles. The minimum atomic E-state index is -5.08. The summed E-state index contributed by atoms with van der Waals surface area (Å²) in [6.07, 6.45) is 0.532. The summed E-state index contributed by atoms with van der Waals surface area (Å²) in [6, 6.07) is 2.12. The van der Waals surface area contributed by atoms with Crippen LogP contribution in [0.1, 0.15) is 23.5 Å². The van der Waals surface area contributed by atoms with Crippen molar-refractivity contribution in [3.05, 3.63) is 34.5 Å². The molecule has 2 unspecified atom stereocenters. The first kappa shape index (κ1) is 22.4. The lowest BCUT2D eigenvalue weighted by Gasteiger charge is -2.23. The van der Waals surface area contributed by atoms with Gasteiger partial charge in [0.1, 0.15) is 0 Å². The lowest BCUT2D eigenvalue weighted by Crippen LogP contribution is -2.33. The maximum Gasteiger partial charge on any atom is 0.490 e. The molecule has 30 heavy (non-hydrogen) atoms. The van der Waals surface area contributed by atoms with Crippen LogP contribution in [-0.2, 0) is 16.1 Å². The van der Waals surface area contributed by atoms with Crippen LogP contribution in [0.15, 0.2) is 23.8 Å². The van der Waals surface area contributed by atoms with Gasteiger partial charge in [0.25, 0.3) is 0 Å². The van der Waals surface area contributed by atoms with Gasteiger partial charge in [0.2, 0.25) is 5.95 Å². The van der Waals surface area contributed by atoms with Gasteiger partial charge in [0, 0.05) is 43.8 Å². The van der Waals surface area contributed by atoms with Crippen molar-refractivity contribution in [3.8, 4) is 0 Å². The summed E-state index contributed by atoms with van der Waals surface area (Å²) in [7, 11) is 0. The average Bonchev–Trinajstić information content (AvgIpc) is 3.38. The Bertz CT molecular complexity index is 851. The predicted molar refractivity (Wildman–Crippen MR) is 103 cm³/mol.